The van der Waals surface area contributed by atoms with Gasteiger partial charge in [-0.05, 0) is 26.0 Å². The van der Waals surface area contributed by atoms with E-state index in [2.05, 4.69) is 12.7 Å². The normalized spacial score (nSPS) is 10.1. The molecule has 0 saturated heterocycles. The van der Waals surface area contributed by atoms with Crippen molar-refractivity contribution in [1.82, 2.24) is 0 Å². The molecule has 1 aromatic rings. The van der Waals surface area contributed by atoms with Crippen LogP contribution in [-0.2, 0) is 0 Å². The highest BCUT2D eigenvalue weighted by molar-refractivity contribution is 5.46. The Bertz CT molecular complexity index is 385. The summed E-state index contributed by atoms with van der Waals surface area (Å²) in [5, 5.41) is 10.5. The van der Waals surface area contributed by atoms with Crippen molar-refractivity contribution in [3.63, 3.8) is 0 Å². The molecule has 0 spiro atoms. The number of benzene rings is 1. The molecule has 0 amide bonds. The molecule has 0 heterocycles. The van der Waals surface area contributed by atoms with Gasteiger partial charge in [-0.2, -0.15) is 0 Å². The van der Waals surface area contributed by atoms with Crippen molar-refractivity contribution >= 4 is 5.69 Å². The number of nitro benzene ring substituents is 1. The number of hydrogen-bond donors (Lipinski definition) is 0. The van der Waals surface area contributed by atoms with Crippen molar-refractivity contribution in [2.75, 3.05) is 0 Å². The third-order valence-electron chi connectivity index (χ3n) is 1.73. The largest absolute Gasteiger partial charge is 0.490 e. The van der Waals surface area contributed by atoms with E-state index in [4.69, 9.17) is 4.74 Å². The van der Waals surface area contributed by atoms with E-state index >= 15 is 0 Å². The third kappa shape index (κ3) is 2.80. The fraction of sp³-hybridized carbons (Fsp3) is 0.273. The molecule has 0 bridgehead atoms. The maximum Gasteiger partial charge on any atom is 0.270 e. The van der Waals surface area contributed by atoms with Gasteiger partial charge in [0.2, 0.25) is 0 Å². The van der Waals surface area contributed by atoms with E-state index in [9.17, 15) is 10.1 Å². The summed E-state index contributed by atoms with van der Waals surface area (Å²) >= 11 is 0. The van der Waals surface area contributed by atoms with Gasteiger partial charge in [-0.15, -0.1) is 0 Å². The first-order chi connectivity index (χ1) is 7.04. The molecule has 4 heteroatoms. The Labute approximate surface area is 88.3 Å². The Hall–Kier alpha value is -1.84. The Morgan fingerprint density at radius 2 is 2.20 bits per heavy atom. The third-order valence-corrected chi connectivity index (χ3v) is 1.73. The van der Waals surface area contributed by atoms with E-state index in [-0.39, 0.29) is 11.8 Å². The van der Waals surface area contributed by atoms with Crippen molar-refractivity contribution in [3.8, 4) is 5.75 Å². The monoisotopic (exact) mass is 206 g/mol. The lowest BCUT2D eigenvalue weighted by Crippen LogP contribution is -2.06. The maximum absolute atomic E-state index is 10.5. The topological polar surface area (TPSA) is 52.4 Å². The molecule has 0 aromatic heterocycles. The molecular formula is C11H12NO3. The quantitative estimate of drug-likeness (QED) is 0.562. The molecule has 1 radical (unpaired) electrons. The summed E-state index contributed by atoms with van der Waals surface area (Å²) in [4.78, 5) is 10.1. The Morgan fingerprint density at radius 1 is 1.53 bits per heavy atom. The van der Waals surface area contributed by atoms with Crippen LogP contribution in [0.15, 0.2) is 24.8 Å². The summed E-state index contributed by atoms with van der Waals surface area (Å²) < 4.78 is 5.45. The van der Waals surface area contributed by atoms with E-state index in [1.807, 2.05) is 13.8 Å². The van der Waals surface area contributed by atoms with Crippen LogP contribution in [0.4, 0.5) is 5.69 Å². The molecule has 4 nitrogen and oxygen atoms in total. The number of rotatable bonds is 4. The van der Waals surface area contributed by atoms with Gasteiger partial charge in [0.15, 0.2) is 0 Å². The van der Waals surface area contributed by atoms with Crippen LogP contribution in [0.5, 0.6) is 5.75 Å². The predicted molar refractivity (Wildman–Crippen MR) is 56.8 cm³/mol. The first kappa shape index (κ1) is 11.2. The molecule has 0 fully saturated rings. The van der Waals surface area contributed by atoms with Gasteiger partial charge in [-0.25, -0.2) is 0 Å². The van der Waals surface area contributed by atoms with E-state index in [1.54, 1.807) is 6.07 Å². The molecule has 0 N–H and O–H groups in total. The summed E-state index contributed by atoms with van der Waals surface area (Å²) in [6.45, 7) is 7.24. The van der Waals surface area contributed by atoms with Gasteiger partial charge < -0.3 is 4.74 Å². The van der Waals surface area contributed by atoms with Gasteiger partial charge in [-0.3, -0.25) is 10.1 Å². The average molecular weight is 206 g/mol. The molecule has 0 aliphatic carbocycles. The Kier molecular flexibility index (Phi) is 3.44. The average Bonchev–Trinajstić information content (AvgIpc) is 2.17. The molecular weight excluding hydrogens is 194 g/mol. The van der Waals surface area contributed by atoms with Crippen molar-refractivity contribution in [1.29, 1.82) is 0 Å². The second-order valence-electron chi connectivity index (χ2n) is 3.28. The molecule has 0 unspecified atom stereocenters. The maximum atomic E-state index is 10.5. The molecule has 1 aromatic carbocycles. The fourth-order valence-corrected chi connectivity index (χ4v) is 1.13. The summed E-state index contributed by atoms with van der Waals surface area (Å²) in [6, 6.07) is 4.36. The second kappa shape index (κ2) is 4.59. The summed E-state index contributed by atoms with van der Waals surface area (Å²) in [5.41, 5.74) is 0.523. The standard InChI is InChI=1S/C11H12NO3/c1-4-9-7-10(12(13)14)5-6-11(9)15-8(2)3/h5-8H,1H2,2-3H3. The first-order valence-corrected chi connectivity index (χ1v) is 4.52. The van der Waals surface area contributed by atoms with Gasteiger partial charge >= 0.3 is 0 Å². The number of non-ortho nitro benzene ring substituents is 1. The lowest BCUT2D eigenvalue weighted by molar-refractivity contribution is -0.384. The van der Waals surface area contributed by atoms with Crippen molar-refractivity contribution in [3.05, 3.63) is 46.5 Å². The zero-order valence-electron chi connectivity index (χ0n) is 8.69. The SMILES string of the molecule is C=[C]c1cc([N+](=O)[O-])ccc1OC(C)C. The lowest BCUT2D eigenvalue weighted by Gasteiger charge is -2.11. The molecule has 1 rings (SSSR count). The lowest BCUT2D eigenvalue weighted by atomic mass is 10.2. The zero-order chi connectivity index (χ0) is 11.4. The molecule has 79 valence electrons. The molecule has 0 aliphatic rings. The van der Waals surface area contributed by atoms with Gasteiger partial charge in [0.1, 0.15) is 5.75 Å². The summed E-state index contributed by atoms with van der Waals surface area (Å²) in [7, 11) is 0. The van der Waals surface area contributed by atoms with Crippen molar-refractivity contribution in [2.45, 2.75) is 20.0 Å². The summed E-state index contributed by atoms with van der Waals surface area (Å²) in [6.07, 6.45) is 2.63. The van der Waals surface area contributed by atoms with Gasteiger partial charge in [0.25, 0.3) is 5.69 Å². The Morgan fingerprint density at radius 3 is 2.67 bits per heavy atom. The van der Waals surface area contributed by atoms with Crippen LogP contribution in [0.3, 0.4) is 0 Å². The van der Waals surface area contributed by atoms with Crippen LogP contribution in [0, 0.1) is 16.2 Å². The van der Waals surface area contributed by atoms with E-state index < -0.39 is 4.92 Å². The zero-order valence-corrected chi connectivity index (χ0v) is 8.69. The van der Waals surface area contributed by atoms with Gasteiger partial charge in [-0.1, -0.05) is 6.58 Å². The van der Waals surface area contributed by atoms with Crippen molar-refractivity contribution < 1.29 is 9.66 Å². The van der Waals surface area contributed by atoms with Crippen LogP contribution in [0.25, 0.3) is 0 Å². The second-order valence-corrected chi connectivity index (χ2v) is 3.28. The van der Waals surface area contributed by atoms with Crippen LogP contribution in [-0.4, -0.2) is 11.0 Å². The molecule has 15 heavy (non-hydrogen) atoms. The Balaban J connectivity index is 3.09. The first-order valence-electron chi connectivity index (χ1n) is 4.52. The fourth-order valence-electron chi connectivity index (χ4n) is 1.13. The highest BCUT2D eigenvalue weighted by Gasteiger charge is 2.10. The minimum atomic E-state index is -0.458. The van der Waals surface area contributed by atoms with Crippen LogP contribution in [0.2, 0.25) is 0 Å². The predicted octanol–water partition coefficient (Wildman–Crippen LogP) is 2.72. The molecule has 0 atom stereocenters. The van der Waals surface area contributed by atoms with E-state index in [0.29, 0.717) is 11.3 Å². The molecule has 0 aliphatic heterocycles. The van der Waals surface area contributed by atoms with Crippen LogP contribution in [0.1, 0.15) is 19.4 Å². The highest BCUT2D eigenvalue weighted by Crippen LogP contribution is 2.24. The van der Waals surface area contributed by atoms with E-state index in [1.165, 1.54) is 12.1 Å². The molecule has 0 saturated carbocycles. The number of ether oxygens (including phenoxy) is 1. The minimum Gasteiger partial charge on any atom is -0.490 e. The van der Waals surface area contributed by atoms with Crippen LogP contribution < -0.4 is 4.74 Å². The number of hydrogen-bond acceptors (Lipinski definition) is 3. The smallest absolute Gasteiger partial charge is 0.270 e. The number of nitro groups is 1. The van der Waals surface area contributed by atoms with E-state index in [0.717, 1.165) is 0 Å². The van der Waals surface area contributed by atoms with Crippen molar-refractivity contribution in [2.24, 2.45) is 0 Å². The van der Waals surface area contributed by atoms with Gasteiger partial charge in [0.05, 0.1) is 11.0 Å². The summed E-state index contributed by atoms with van der Waals surface area (Å²) in [5.74, 6) is 0.561. The number of nitrogens with zero attached hydrogens (tertiary/aromatic N) is 1. The minimum absolute atomic E-state index is 0.0113. The van der Waals surface area contributed by atoms with Crippen LogP contribution >= 0.6 is 0 Å². The van der Waals surface area contributed by atoms with Gasteiger partial charge in [0, 0.05) is 17.7 Å². The highest BCUT2D eigenvalue weighted by atomic mass is 16.6.